The molecule has 0 saturated carbocycles. The van der Waals surface area contributed by atoms with Gasteiger partial charge in [-0.25, -0.2) is 8.78 Å². The molecule has 1 aromatic rings. The van der Waals surface area contributed by atoms with Crippen molar-refractivity contribution >= 4 is 16.4 Å². The second kappa shape index (κ2) is 5.96. The monoisotopic (exact) mass is 294 g/mol. The van der Waals surface area contributed by atoms with E-state index >= 15 is 0 Å². The van der Waals surface area contributed by atoms with Crippen molar-refractivity contribution < 1.29 is 30.9 Å². The average Bonchev–Trinajstić information content (AvgIpc) is 2.37. The number of benzene rings is 1. The number of halogens is 2. The zero-order valence-corrected chi connectivity index (χ0v) is 11.0. The number of methoxy groups -OCH3 is 1. The molecule has 0 aliphatic carbocycles. The molecule has 0 aliphatic heterocycles. The maximum Gasteiger partial charge on any atom is 0.345 e. The molecule has 0 amide bonds. The van der Waals surface area contributed by atoms with Gasteiger partial charge in [-0.1, -0.05) is 0 Å². The predicted octanol–water partition coefficient (Wildman–Crippen LogP) is 1.87. The fourth-order valence-electron chi connectivity index (χ4n) is 1.23. The van der Waals surface area contributed by atoms with Crippen LogP contribution in [0.4, 0.5) is 8.78 Å². The minimum Gasteiger partial charge on any atom is -0.493 e. The summed E-state index contributed by atoms with van der Waals surface area (Å²) in [7, 11) is -3.56. The van der Waals surface area contributed by atoms with Crippen LogP contribution in [-0.2, 0) is 10.1 Å². The lowest BCUT2D eigenvalue weighted by Crippen LogP contribution is -2.29. The van der Waals surface area contributed by atoms with Crippen LogP contribution in [0.15, 0.2) is 18.2 Å². The molecule has 0 N–H and O–H groups in total. The van der Waals surface area contributed by atoms with E-state index in [1.54, 1.807) is 0 Å². The van der Waals surface area contributed by atoms with Crippen LogP contribution in [0.1, 0.15) is 17.3 Å². The van der Waals surface area contributed by atoms with E-state index in [0.29, 0.717) is 6.29 Å². The molecule has 106 valence electrons. The first-order chi connectivity index (χ1) is 8.81. The lowest BCUT2D eigenvalue weighted by Gasteiger charge is -2.14. The van der Waals surface area contributed by atoms with Gasteiger partial charge in [0, 0.05) is 5.56 Å². The van der Waals surface area contributed by atoms with Crippen molar-refractivity contribution in [1.82, 2.24) is 0 Å². The number of rotatable bonds is 6. The summed E-state index contributed by atoms with van der Waals surface area (Å²) in [4.78, 5) is 10.5. The molecule has 0 radical (unpaired) electrons. The minimum atomic E-state index is -4.77. The topological polar surface area (TPSA) is 69.7 Å². The summed E-state index contributed by atoms with van der Waals surface area (Å²) in [6.07, 6.45) is -1.71. The summed E-state index contributed by atoms with van der Waals surface area (Å²) in [6, 6.07) is 3.59. The van der Waals surface area contributed by atoms with Crippen molar-refractivity contribution in [3.63, 3.8) is 0 Å². The van der Waals surface area contributed by atoms with E-state index in [9.17, 15) is 22.0 Å². The van der Waals surface area contributed by atoms with Gasteiger partial charge in [0.1, 0.15) is 12.5 Å². The Morgan fingerprint density at radius 3 is 2.37 bits per heavy atom. The molecule has 2 atom stereocenters. The normalized spacial score (nSPS) is 14.5. The van der Waals surface area contributed by atoms with Crippen LogP contribution in [0.25, 0.3) is 0 Å². The van der Waals surface area contributed by atoms with E-state index < -0.39 is 21.8 Å². The zero-order chi connectivity index (χ0) is 14.6. The second-order valence-electron chi connectivity index (χ2n) is 3.63. The number of alkyl halides is 2. The Kier molecular flexibility index (Phi) is 4.82. The van der Waals surface area contributed by atoms with Crippen molar-refractivity contribution in [2.24, 2.45) is 0 Å². The molecule has 5 nitrogen and oxygen atoms in total. The Morgan fingerprint density at radius 1 is 1.26 bits per heavy atom. The Balaban J connectivity index is 3.09. The molecule has 0 aliphatic rings. The van der Waals surface area contributed by atoms with Gasteiger partial charge in [-0.05, 0) is 25.1 Å². The third-order valence-corrected chi connectivity index (χ3v) is 3.51. The van der Waals surface area contributed by atoms with Gasteiger partial charge in [0.2, 0.25) is 0 Å². The summed E-state index contributed by atoms with van der Waals surface area (Å²) in [5, 5.41) is 0. The molecule has 0 bridgehead atoms. The molecular formula is C11H12F2O5S. The largest absolute Gasteiger partial charge is 0.493 e. The highest BCUT2D eigenvalue weighted by Gasteiger charge is 2.33. The summed E-state index contributed by atoms with van der Waals surface area (Å²) in [5.74, 6) is -0.400. The molecule has 0 spiro atoms. The number of carbonyl (C=O) groups is 1. The summed E-state index contributed by atoms with van der Waals surface area (Å²) >= 11 is 0. The smallest absolute Gasteiger partial charge is 0.345 e. The fourth-order valence-corrected chi connectivity index (χ4v) is 2.17. The molecule has 0 saturated heterocycles. The molecule has 8 heteroatoms. The Labute approximate surface area is 109 Å². The van der Waals surface area contributed by atoms with E-state index in [0.717, 1.165) is 13.0 Å². The van der Waals surface area contributed by atoms with Crippen LogP contribution in [0.5, 0.6) is 11.5 Å². The first kappa shape index (κ1) is 15.4. The molecule has 1 rings (SSSR count). The van der Waals surface area contributed by atoms with Gasteiger partial charge in [0.15, 0.2) is 11.5 Å². The van der Waals surface area contributed by atoms with Gasteiger partial charge in [0.05, 0.1) is 7.11 Å². The lowest BCUT2D eigenvalue weighted by atomic mass is 10.2. The lowest BCUT2D eigenvalue weighted by molar-refractivity contribution is 0.112. The zero-order valence-electron chi connectivity index (χ0n) is 10.2. The highest BCUT2D eigenvalue weighted by atomic mass is 32.2. The number of carbonyl (C=O) groups excluding carboxylic acids is 1. The van der Waals surface area contributed by atoms with E-state index in [2.05, 4.69) is 4.18 Å². The molecule has 2 unspecified atom stereocenters. The maximum atomic E-state index is 13.2. The number of hydrogen-bond donors (Lipinski definition) is 0. The molecule has 1 aromatic carbocycles. The second-order valence-corrected chi connectivity index (χ2v) is 5.24. The van der Waals surface area contributed by atoms with E-state index in [1.807, 2.05) is 0 Å². The first-order valence-corrected chi connectivity index (χ1v) is 6.63. The van der Waals surface area contributed by atoms with Crippen molar-refractivity contribution in [3.05, 3.63) is 23.8 Å². The van der Waals surface area contributed by atoms with Gasteiger partial charge >= 0.3 is 10.1 Å². The third-order valence-electron chi connectivity index (χ3n) is 2.17. The van der Waals surface area contributed by atoms with Crippen molar-refractivity contribution in [2.45, 2.75) is 18.6 Å². The first-order valence-electron chi connectivity index (χ1n) is 5.16. The van der Waals surface area contributed by atoms with Crippen LogP contribution < -0.4 is 8.92 Å². The molecule has 19 heavy (non-hydrogen) atoms. The van der Waals surface area contributed by atoms with Gasteiger partial charge in [-0.15, -0.1) is 0 Å². The minimum absolute atomic E-state index is 0.0770. The molecule has 0 fully saturated rings. The van der Waals surface area contributed by atoms with Crippen molar-refractivity contribution in [1.29, 1.82) is 0 Å². The van der Waals surface area contributed by atoms with Gasteiger partial charge < -0.3 is 8.92 Å². The molecular weight excluding hydrogens is 282 g/mol. The Morgan fingerprint density at radius 2 is 1.89 bits per heavy atom. The van der Waals surface area contributed by atoms with Crippen LogP contribution in [-0.4, -0.2) is 33.5 Å². The van der Waals surface area contributed by atoms with Gasteiger partial charge in [-0.2, -0.15) is 8.42 Å². The van der Waals surface area contributed by atoms with Crippen molar-refractivity contribution in [2.75, 3.05) is 7.11 Å². The van der Waals surface area contributed by atoms with Crippen LogP contribution in [0.2, 0.25) is 0 Å². The third kappa shape index (κ3) is 3.63. The van der Waals surface area contributed by atoms with Crippen LogP contribution in [0.3, 0.4) is 0 Å². The van der Waals surface area contributed by atoms with E-state index in [4.69, 9.17) is 4.74 Å². The van der Waals surface area contributed by atoms with E-state index in [-0.39, 0.29) is 17.1 Å². The van der Waals surface area contributed by atoms with Crippen molar-refractivity contribution in [3.8, 4) is 11.5 Å². The SMILES string of the molecule is COc1cc(C=O)ccc1OS(=O)(=O)C(F)C(C)F. The van der Waals surface area contributed by atoms with Gasteiger partial charge in [0.25, 0.3) is 5.50 Å². The highest BCUT2D eigenvalue weighted by Crippen LogP contribution is 2.30. The summed E-state index contributed by atoms with van der Waals surface area (Å²) in [5.41, 5.74) is -2.58. The summed E-state index contributed by atoms with van der Waals surface area (Å²) < 4.78 is 57.9. The van der Waals surface area contributed by atoms with Gasteiger partial charge in [-0.3, -0.25) is 4.79 Å². The van der Waals surface area contributed by atoms with Crippen LogP contribution in [0, 0.1) is 0 Å². The maximum absolute atomic E-state index is 13.2. The average molecular weight is 294 g/mol. The Bertz CT molecular complexity index is 556. The standard InChI is InChI=1S/C11H12F2O5S/c1-7(12)11(13)19(15,16)18-9-4-3-8(6-14)5-10(9)17-2/h3-7,11H,1-2H3. The van der Waals surface area contributed by atoms with E-state index in [1.165, 1.54) is 19.2 Å². The predicted molar refractivity (Wildman–Crippen MR) is 63.4 cm³/mol. The number of aldehydes is 1. The summed E-state index contributed by atoms with van der Waals surface area (Å²) in [6.45, 7) is 0.762. The van der Waals surface area contributed by atoms with Crippen LogP contribution >= 0.6 is 0 Å². The Hall–Kier alpha value is -1.70. The number of hydrogen-bond acceptors (Lipinski definition) is 5. The number of ether oxygens (including phenoxy) is 1. The quantitative estimate of drug-likeness (QED) is 0.591. The highest BCUT2D eigenvalue weighted by molar-refractivity contribution is 7.87. The molecule has 0 heterocycles. The molecule has 0 aromatic heterocycles. The fraction of sp³-hybridized carbons (Fsp3) is 0.364.